The van der Waals surface area contributed by atoms with Crippen molar-refractivity contribution in [3.8, 4) is 0 Å². The van der Waals surface area contributed by atoms with Gasteiger partial charge in [-0.15, -0.1) is 0 Å². The van der Waals surface area contributed by atoms with Gasteiger partial charge < -0.3 is 10.2 Å². The predicted molar refractivity (Wildman–Crippen MR) is 124 cm³/mol. The first kappa shape index (κ1) is 20.3. The first-order valence-corrected chi connectivity index (χ1v) is 10.2. The van der Waals surface area contributed by atoms with Crippen molar-refractivity contribution in [3.05, 3.63) is 94.8 Å². The van der Waals surface area contributed by atoms with Crippen molar-refractivity contribution >= 4 is 33.8 Å². The molecule has 1 unspecified atom stereocenters. The summed E-state index contributed by atoms with van der Waals surface area (Å²) in [4.78, 5) is 22.1. The predicted octanol–water partition coefficient (Wildman–Crippen LogP) is 5.87. The van der Waals surface area contributed by atoms with Gasteiger partial charge in [0.05, 0.1) is 16.7 Å². The summed E-state index contributed by atoms with van der Waals surface area (Å²) in [5, 5.41) is 17.4. The molecule has 0 aliphatic heterocycles. The standard InChI is InChI=1S/C24H23N5O2/c1-3-28(21-15-9-13-19-12-7-8-14-20(19)21)24-22(29(30)31)23(25-16-26-24)27-17(2)18-10-5-4-6-11-18/h4-17H,3H2,1-2H3,(H,25,26,27). The molecule has 0 saturated heterocycles. The Morgan fingerprint density at radius 2 is 1.71 bits per heavy atom. The third-order valence-electron chi connectivity index (χ3n) is 5.27. The second-order valence-corrected chi connectivity index (χ2v) is 7.17. The minimum absolute atomic E-state index is 0.139. The summed E-state index contributed by atoms with van der Waals surface area (Å²) in [5.41, 5.74) is 1.74. The van der Waals surface area contributed by atoms with Crippen molar-refractivity contribution in [2.75, 3.05) is 16.8 Å². The normalized spacial score (nSPS) is 11.8. The summed E-state index contributed by atoms with van der Waals surface area (Å²) in [6, 6.07) is 23.5. The second-order valence-electron chi connectivity index (χ2n) is 7.17. The molecule has 0 saturated carbocycles. The van der Waals surface area contributed by atoms with E-state index < -0.39 is 4.92 Å². The van der Waals surface area contributed by atoms with Gasteiger partial charge in [0.25, 0.3) is 0 Å². The average Bonchev–Trinajstić information content (AvgIpc) is 2.80. The molecule has 0 aliphatic rings. The van der Waals surface area contributed by atoms with E-state index in [-0.39, 0.29) is 23.4 Å². The van der Waals surface area contributed by atoms with Crippen LogP contribution in [0.15, 0.2) is 79.1 Å². The molecule has 0 spiro atoms. The highest BCUT2D eigenvalue weighted by Crippen LogP contribution is 2.39. The molecule has 0 amide bonds. The average molecular weight is 413 g/mol. The third-order valence-corrected chi connectivity index (χ3v) is 5.27. The fourth-order valence-corrected chi connectivity index (χ4v) is 3.75. The van der Waals surface area contributed by atoms with E-state index >= 15 is 0 Å². The Hall–Kier alpha value is -4.00. The molecule has 1 aromatic heterocycles. The van der Waals surface area contributed by atoms with E-state index in [9.17, 15) is 10.1 Å². The van der Waals surface area contributed by atoms with Gasteiger partial charge in [-0.05, 0) is 30.9 Å². The molecule has 1 N–H and O–H groups in total. The van der Waals surface area contributed by atoms with Crippen molar-refractivity contribution in [2.45, 2.75) is 19.9 Å². The highest BCUT2D eigenvalue weighted by molar-refractivity contribution is 5.96. The van der Waals surface area contributed by atoms with Crippen molar-refractivity contribution in [1.29, 1.82) is 0 Å². The second kappa shape index (κ2) is 8.79. The van der Waals surface area contributed by atoms with Crippen LogP contribution in [-0.2, 0) is 0 Å². The number of hydrogen-bond donors (Lipinski definition) is 1. The van der Waals surface area contributed by atoms with Crippen LogP contribution >= 0.6 is 0 Å². The SMILES string of the molecule is CCN(c1ncnc(NC(C)c2ccccc2)c1[N+](=O)[O-])c1cccc2ccccc12. The molecule has 0 bridgehead atoms. The maximum absolute atomic E-state index is 12.1. The van der Waals surface area contributed by atoms with Gasteiger partial charge in [-0.2, -0.15) is 0 Å². The number of anilines is 3. The molecular weight excluding hydrogens is 390 g/mol. The summed E-state index contributed by atoms with van der Waals surface area (Å²) in [6.07, 6.45) is 1.37. The molecule has 156 valence electrons. The number of rotatable bonds is 7. The van der Waals surface area contributed by atoms with Gasteiger partial charge in [0.1, 0.15) is 6.33 Å². The fourth-order valence-electron chi connectivity index (χ4n) is 3.75. The lowest BCUT2D eigenvalue weighted by molar-refractivity contribution is -0.383. The van der Waals surface area contributed by atoms with Crippen LogP contribution in [-0.4, -0.2) is 21.4 Å². The van der Waals surface area contributed by atoms with Crippen molar-refractivity contribution in [3.63, 3.8) is 0 Å². The number of nitrogens with zero attached hydrogens (tertiary/aromatic N) is 4. The zero-order valence-corrected chi connectivity index (χ0v) is 17.4. The van der Waals surface area contributed by atoms with Gasteiger partial charge in [0, 0.05) is 11.9 Å². The van der Waals surface area contributed by atoms with Crippen LogP contribution in [0.4, 0.5) is 23.0 Å². The van der Waals surface area contributed by atoms with E-state index in [1.807, 2.05) is 91.5 Å². The number of nitrogens with one attached hydrogen (secondary N) is 1. The van der Waals surface area contributed by atoms with Gasteiger partial charge in [-0.3, -0.25) is 10.1 Å². The molecule has 0 aliphatic carbocycles. The number of nitro groups is 1. The molecule has 3 aromatic carbocycles. The van der Waals surface area contributed by atoms with Crippen LogP contribution in [0.3, 0.4) is 0 Å². The van der Waals surface area contributed by atoms with Crippen molar-refractivity contribution in [1.82, 2.24) is 9.97 Å². The summed E-state index contributed by atoms with van der Waals surface area (Å²) in [6.45, 7) is 4.41. The smallest absolute Gasteiger partial charge is 0.353 e. The van der Waals surface area contributed by atoms with E-state index in [2.05, 4.69) is 15.3 Å². The van der Waals surface area contributed by atoms with Gasteiger partial charge in [0.2, 0.25) is 11.6 Å². The first-order chi connectivity index (χ1) is 15.1. The fraction of sp³-hybridized carbons (Fsp3) is 0.167. The van der Waals surface area contributed by atoms with E-state index in [0.29, 0.717) is 6.54 Å². The summed E-state index contributed by atoms with van der Waals surface area (Å²) < 4.78 is 0. The van der Waals surface area contributed by atoms with Gasteiger partial charge >= 0.3 is 5.69 Å². The third kappa shape index (κ3) is 4.02. The van der Waals surface area contributed by atoms with Gasteiger partial charge in [-0.25, -0.2) is 9.97 Å². The first-order valence-electron chi connectivity index (χ1n) is 10.2. The monoisotopic (exact) mass is 413 g/mol. The molecule has 7 nitrogen and oxygen atoms in total. The van der Waals surface area contributed by atoms with Gasteiger partial charge in [0.15, 0.2) is 0 Å². The highest BCUT2D eigenvalue weighted by atomic mass is 16.6. The van der Waals surface area contributed by atoms with E-state index in [0.717, 1.165) is 22.0 Å². The number of aromatic nitrogens is 2. The lowest BCUT2D eigenvalue weighted by atomic mass is 10.1. The molecule has 1 atom stereocenters. The largest absolute Gasteiger partial charge is 0.358 e. The molecule has 4 aromatic rings. The Morgan fingerprint density at radius 3 is 2.45 bits per heavy atom. The molecule has 1 heterocycles. The lowest BCUT2D eigenvalue weighted by Gasteiger charge is -2.24. The maximum atomic E-state index is 12.1. The molecule has 4 rings (SSSR count). The molecule has 0 fully saturated rings. The van der Waals surface area contributed by atoms with Crippen LogP contribution in [0.1, 0.15) is 25.5 Å². The van der Waals surface area contributed by atoms with E-state index in [4.69, 9.17) is 0 Å². The number of hydrogen-bond acceptors (Lipinski definition) is 6. The zero-order chi connectivity index (χ0) is 21.8. The Kier molecular flexibility index (Phi) is 5.75. The molecular formula is C24H23N5O2. The Morgan fingerprint density at radius 1 is 1.00 bits per heavy atom. The van der Waals surface area contributed by atoms with Crippen LogP contribution in [0.2, 0.25) is 0 Å². The summed E-state index contributed by atoms with van der Waals surface area (Å²) in [5.74, 6) is 0.464. The maximum Gasteiger partial charge on any atom is 0.353 e. The minimum atomic E-state index is -0.414. The Labute approximate surface area is 180 Å². The highest BCUT2D eigenvalue weighted by Gasteiger charge is 2.28. The van der Waals surface area contributed by atoms with E-state index in [1.165, 1.54) is 6.33 Å². The van der Waals surface area contributed by atoms with Crippen molar-refractivity contribution < 1.29 is 4.92 Å². The zero-order valence-electron chi connectivity index (χ0n) is 17.4. The van der Waals surface area contributed by atoms with Crippen LogP contribution in [0.5, 0.6) is 0 Å². The Balaban J connectivity index is 1.80. The van der Waals surface area contributed by atoms with E-state index in [1.54, 1.807) is 0 Å². The van der Waals surface area contributed by atoms with Gasteiger partial charge in [-0.1, -0.05) is 66.7 Å². The summed E-state index contributed by atoms with van der Waals surface area (Å²) in [7, 11) is 0. The quantitative estimate of drug-likeness (QED) is 0.301. The molecule has 31 heavy (non-hydrogen) atoms. The van der Waals surface area contributed by atoms with Crippen LogP contribution < -0.4 is 10.2 Å². The lowest BCUT2D eigenvalue weighted by Crippen LogP contribution is -2.20. The molecule has 0 radical (unpaired) electrons. The Bertz CT molecular complexity index is 1210. The van der Waals surface area contributed by atoms with Crippen molar-refractivity contribution in [2.24, 2.45) is 0 Å². The molecule has 7 heteroatoms. The topological polar surface area (TPSA) is 84.2 Å². The summed E-state index contributed by atoms with van der Waals surface area (Å²) >= 11 is 0. The van der Waals surface area contributed by atoms with Crippen LogP contribution in [0.25, 0.3) is 10.8 Å². The minimum Gasteiger partial charge on any atom is -0.358 e. The van der Waals surface area contributed by atoms with Crippen LogP contribution in [0, 0.1) is 10.1 Å². The number of benzene rings is 3. The number of fused-ring (bicyclic) bond motifs is 1.